The summed E-state index contributed by atoms with van der Waals surface area (Å²) in [5.41, 5.74) is 4.93. The minimum Gasteiger partial charge on any atom is -0.598 e. The first kappa shape index (κ1) is 25.1. The molecule has 2 atom stereocenters. The first-order valence-corrected chi connectivity index (χ1v) is 13.7. The Kier molecular flexibility index (Phi) is 6.76. The zero-order valence-electron chi connectivity index (χ0n) is 21.7. The minimum atomic E-state index is -1.26. The normalized spacial score (nSPS) is 17.9. The Morgan fingerprint density at radius 1 is 1.11 bits per heavy atom. The first-order valence-electron chi connectivity index (χ1n) is 12.5. The van der Waals surface area contributed by atoms with Gasteiger partial charge in [-0.25, -0.2) is 4.98 Å². The number of anilines is 1. The average Bonchev–Trinajstić information content (AvgIpc) is 3.28. The van der Waals surface area contributed by atoms with Gasteiger partial charge < -0.3 is 19.2 Å². The lowest BCUT2D eigenvalue weighted by Crippen LogP contribution is -2.50. The number of nitrogens with one attached hydrogen (secondary N) is 1. The molecule has 0 radical (unpaired) electrons. The largest absolute Gasteiger partial charge is 0.598 e. The SMILES string of the molecule is Cc1cc([C@@H](C)N[S@+]([O-])C(C)(C)C)c2nc(N3Cc4ccccc4C3)n(N3CCOCC3)c(=O)c2c1. The summed E-state index contributed by atoms with van der Waals surface area (Å²) >= 11 is -1.26. The molecule has 1 N–H and O–H groups in total. The van der Waals surface area contributed by atoms with E-state index in [0.717, 1.165) is 11.1 Å². The van der Waals surface area contributed by atoms with Crippen molar-refractivity contribution in [3.05, 3.63) is 69.0 Å². The number of nitrogens with zero attached hydrogens (tertiary/aromatic N) is 4. The van der Waals surface area contributed by atoms with Gasteiger partial charge in [0.25, 0.3) is 5.56 Å². The molecule has 0 aliphatic carbocycles. The molecule has 3 aromatic rings. The van der Waals surface area contributed by atoms with E-state index >= 15 is 0 Å². The molecule has 8 nitrogen and oxygen atoms in total. The molecule has 2 aromatic carbocycles. The number of aromatic nitrogens is 2. The van der Waals surface area contributed by atoms with Crippen LogP contribution in [0.3, 0.4) is 0 Å². The molecule has 0 spiro atoms. The van der Waals surface area contributed by atoms with E-state index in [0.29, 0.717) is 56.2 Å². The van der Waals surface area contributed by atoms with Crippen molar-refractivity contribution in [1.82, 2.24) is 14.4 Å². The average molecular weight is 510 g/mol. The van der Waals surface area contributed by atoms with Crippen LogP contribution in [0.5, 0.6) is 0 Å². The second-order valence-corrected chi connectivity index (χ2v) is 12.7. The molecule has 3 heterocycles. The summed E-state index contributed by atoms with van der Waals surface area (Å²) in [5, 5.41) is 2.63. The Labute approximate surface area is 215 Å². The molecule has 0 saturated carbocycles. The summed E-state index contributed by atoms with van der Waals surface area (Å²) in [4.78, 5) is 21.5. The standard InChI is InChI=1S/C27H35N5O3S/c1-18-14-22(19(2)29-36(34)27(3,4)5)24-23(15-18)25(33)32(31-10-12-35-13-11-31)26(28-24)30-16-20-8-6-7-9-21(20)17-30/h6-9,14-15,19,29H,10-13,16-17H2,1-5H3/t19-,36-/m1/s1. The number of aryl methyl sites for hydroxylation is 1. The van der Waals surface area contributed by atoms with Gasteiger partial charge in [-0.3, -0.25) is 4.79 Å². The van der Waals surface area contributed by atoms with Crippen molar-refractivity contribution in [3.8, 4) is 0 Å². The van der Waals surface area contributed by atoms with Gasteiger partial charge in [-0.1, -0.05) is 30.3 Å². The van der Waals surface area contributed by atoms with Crippen molar-refractivity contribution >= 4 is 28.2 Å². The number of rotatable bonds is 5. The van der Waals surface area contributed by atoms with Crippen molar-refractivity contribution in [1.29, 1.82) is 0 Å². The Hall–Kier alpha value is -2.59. The highest BCUT2D eigenvalue weighted by Gasteiger charge is 2.31. The number of morpholine rings is 1. The molecule has 1 fully saturated rings. The van der Waals surface area contributed by atoms with Crippen LogP contribution in [-0.2, 0) is 29.2 Å². The van der Waals surface area contributed by atoms with E-state index in [9.17, 15) is 9.35 Å². The van der Waals surface area contributed by atoms with E-state index < -0.39 is 16.1 Å². The van der Waals surface area contributed by atoms with Gasteiger partial charge in [-0.2, -0.15) is 4.68 Å². The molecule has 5 rings (SSSR count). The van der Waals surface area contributed by atoms with Gasteiger partial charge in [0.1, 0.15) is 4.75 Å². The van der Waals surface area contributed by atoms with Crippen LogP contribution in [0.15, 0.2) is 41.2 Å². The summed E-state index contributed by atoms with van der Waals surface area (Å²) in [6, 6.07) is 12.1. The molecule has 2 aliphatic heterocycles. The van der Waals surface area contributed by atoms with Crippen LogP contribution in [0.4, 0.5) is 5.95 Å². The third kappa shape index (κ3) is 4.72. The van der Waals surface area contributed by atoms with Gasteiger partial charge in [-0.05, 0) is 57.4 Å². The molecule has 36 heavy (non-hydrogen) atoms. The lowest BCUT2D eigenvalue weighted by Gasteiger charge is -2.34. The maximum atomic E-state index is 14.1. The van der Waals surface area contributed by atoms with Crippen molar-refractivity contribution in [3.63, 3.8) is 0 Å². The third-order valence-corrected chi connectivity index (χ3v) is 8.49. The van der Waals surface area contributed by atoms with E-state index in [-0.39, 0.29) is 11.6 Å². The fourth-order valence-corrected chi connectivity index (χ4v) is 5.67. The molecule has 1 aromatic heterocycles. The Morgan fingerprint density at radius 3 is 2.36 bits per heavy atom. The van der Waals surface area contributed by atoms with Crippen LogP contribution < -0.4 is 20.2 Å². The molecule has 0 bridgehead atoms. The molecule has 1 saturated heterocycles. The highest BCUT2D eigenvalue weighted by molar-refractivity contribution is 7.90. The number of fused-ring (bicyclic) bond motifs is 2. The van der Waals surface area contributed by atoms with Crippen molar-refractivity contribution in [2.24, 2.45) is 0 Å². The van der Waals surface area contributed by atoms with Crippen molar-refractivity contribution in [2.75, 3.05) is 36.2 Å². The quantitative estimate of drug-likeness (QED) is 0.528. The van der Waals surface area contributed by atoms with E-state index in [2.05, 4.69) is 38.9 Å². The molecule has 2 aliphatic rings. The van der Waals surface area contributed by atoms with E-state index in [4.69, 9.17) is 9.72 Å². The molecule has 0 unspecified atom stereocenters. The van der Waals surface area contributed by atoms with Crippen molar-refractivity contribution in [2.45, 2.75) is 58.5 Å². The van der Waals surface area contributed by atoms with Crippen molar-refractivity contribution < 1.29 is 9.29 Å². The molecule has 9 heteroatoms. The predicted molar refractivity (Wildman–Crippen MR) is 145 cm³/mol. The fourth-order valence-electron chi connectivity index (χ4n) is 4.87. The molecular formula is C27H35N5O3S. The predicted octanol–water partition coefficient (Wildman–Crippen LogP) is 3.31. The number of hydrogen-bond donors (Lipinski definition) is 1. The van der Waals surface area contributed by atoms with Gasteiger partial charge in [-0.15, -0.1) is 4.72 Å². The topological polar surface area (TPSA) is 85.7 Å². The van der Waals surface area contributed by atoms with Crippen LogP contribution in [-0.4, -0.2) is 45.3 Å². The summed E-state index contributed by atoms with van der Waals surface area (Å²) in [6.45, 7) is 13.6. The summed E-state index contributed by atoms with van der Waals surface area (Å²) in [7, 11) is 0. The van der Waals surface area contributed by atoms with Gasteiger partial charge in [0, 0.05) is 30.0 Å². The van der Waals surface area contributed by atoms with E-state index in [1.54, 1.807) is 4.68 Å². The smallest absolute Gasteiger partial charge is 0.281 e. The number of ether oxygens (including phenoxy) is 1. The van der Waals surface area contributed by atoms with Crippen LogP contribution >= 0.6 is 0 Å². The Morgan fingerprint density at radius 2 is 1.75 bits per heavy atom. The zero-order valence-corrected chi connectivity index (χ0v) is 22.5. The van der Waals surface area contributed by atoms with E-state index in [1.165, 1.54) is 11.1 Å². The van der Waals surface area contributed by atoms with Crippen LogP contribution in [0.1, 0.15) is 56.0 Å². The fraction of sp³-hybridized carbons (Fsp3) is 0.481. The first-order chi connectivity index (χ1) is 17.1. The van der Waals surface area contributed by atoms with Gasteiger partial charge in [0.15, 0.2) is 0 Å². The van der Waals surface area contributed by atoms with E-state index in [1.807, 2.05) is 46.8 Å². The minimum absolute atomic E-state index is 0.0815. The van der Waals surface area contributed by atoms with Gasteiger partial charge >= 0.3 is 0 Å². The van der Waals surface area contributed by atoms with Crippen LogP contribution in [0, 0.1) is 6.92 Å². The highest BCUT2D eigenvalue weighted by atomic mass is 32.2. The summed E-state index contributed by atoms with van der Waals surface area (Å²) < 4.78 is 23.0. The maximum Gasteiger partial charge on any atom is 0.281 e. The Bertz CT molecular complexity index is 1300. The Balaban J connectivity index is 1.66. The molecular weight excluding hydrogens is 474 g/mol. The number of hydrogen-bond acceptors (Lipinski definition) is 7. The second-order valence-electron chi connectivity index (χ2n) is 10.7. The second kappa shape index (κ2) is 9.70. The number of benzene rings is 2. The molecule has 0 amide bonds. The summed E-state index contributed by atoms with van der Waals surface area (Å²) in [5.74, 6) is 0.639. The summed E-state index contributed by atoms with van der Waals surface area (Å²) in [6.07, 6.45) is 0. The third-order valence-electron chi connectivity index (χ3n) is 6.81. The highest BCUT2D eigenvalue weighted by Crippen LogP contribution is 2.31. The van der Waals surface area contributed by atoms with Crippen LogP contribution in [0.2, 0.25) is 0 Å². The lowest BCUT2D eigenvalue weighted by molar-refractivity contribution is 0.111. The zero-order chi connectivity index (χ0) is 25.6. The molecule has 192 valence electrons. The van der Waals surface area contributed by atoms with Gasteiger partial charge in [0.05, 0.1) is 43.2 Å². The lowest BCUT2D eigenvalue weighted by atomic mass is 10.0. The maximum absolute atomic E-state index is 14.1. The van der Waals surface area contributed by atoms with Gasteiger partial charge in [0.2, 0.25) is 5.95 Å². The monoisotopic (exact) mass is 509 g/mol. The van der Waals surface area contributed by atoms with Crippen LogP contribution in [0.25, 0.3) is 10.9 Å².